The first kappa shape index (κ1) is 13.1. The Morgan fingerprint density at radius 3 is 2.47 bits per heavy atom. The van der Waals surface area contributed by atoms with Crippen LogP contribution in [0.4, 0.5) is 14.5 Å². The molecule has 0 saturated carbocycles. The van der Waals surface area contributed by atoms with E-state index in [1.165, 1.54) is 25.4 Å². The van der Waals surface area contributed by atoms with Gasteiger partial charge in [-0.2, -0.15) is 0 Å². The molecule has 0 aliphatic carbocycles. The van der Waals surface area contributed by atoms with E-state index in [0.717, 1.165) is 6.07 Å². The van der Waals surface area contributed by atoms with Gasteiger partial charge < -0.3 is 5.32 Å². The fraction of sp³-hybridized carbons (Fsp3) is 0.154. The van der Waals surface area contributed by atoms with Crippen LogP contribution < -0.4 is 5.32 Å². The zero-order valence-corrected chi connectivity index (χ0v) is 10.4. The molecule has 19 heavy (non-hydrogen) atoms. The highest BCUT2D eigenvalue weighted by Crippen LogP contribution is 2.18. The molecule has 0 bridgehead atoms. The first-order valence-corrected chi connectivity index (χ1v) is 5.53. The van der Waals surface area contributed by atoms with E-state index in [-0.39, 0.29) is 16.9 Å². The standard InChI is InChI=1S/C13H11F2N3O/c1-7-3-9(4-10(14)12(7)15)18-13(19)11-6-16-8(2)5-17-11/h3-6H,1-2H3,(H,18,19). The van der Waals surface area contributed by atoms with Gasteiger partial charge in [0.25, 0.3) is 5.91 Å². The molecule has 1 aromatic carbocycles. The van der Waals surface area contributed by atoms with Gasteiger partial charge >= 0.3 is 0 Å². The Kier molecular flexibility index (Phi) is 3.50. The second-order valence-corrected chi connectivity index (χ2v) is 4.09. The number of carbonyl (C=O) groups excluding carboxylic acids is 1. The molecular formula is C13H11F2N3O. The van der Waals surface area contributed by atoms with Gasteiger partial charge in [-0.15, -0.1) is 0 Å². The number of hydrogen-bond donors (Lipinski definition) is 1. The molecule has 0 atom stereocenters. The number of nitrogens with one attached hydrogen (secondary N) is 1. The SMILES string of the molecule is Cc1cnc(C(=O)Nc2cc(C)c(F)c(F)c2)cn1. The molecule has 0 saturated heterocycles. The largest absolute Gasteiger partial charge is 0.320 e. The van der Waals surface area contributed by atoms with Crippen molar-refractivity contribution in [2.45, 2.75) is 13.8 Å². The van der Waals surface area contributed by atoms with Gasteiger partial charge in [0.2, 0.25) is 0 Å². The molecule has 0 radical (unpaired) electrons. The molecule has 0 spiro atoms. The smallest absolute Gasteiger partial charge is 0.275 e. The number of hydrogen-bond acceptors (Lipinski definition) is 3. The van der Waals surface area contributed by atoms with E-state index >= 15 is 0 Å². The van der Waals surface area contributed by atoms with Crippen molar-refractivity contribution in [2.75, 3.05) is 5.32 Å². The third kappa shape index (κ3) is 2.90. The van der Waals surface area contributed by atoms with Crippen LogP contribution in [-0.2, 0) is 0 Å². The predicted molar refractivity (Wildman–Crippen MR) is 65.8 cm³/mol. The average molecular weight is 263 g/mol. The normalized spacial score (nSPS) is 10.3. The van der Waals surface area contributed by atoms with E-state index in [1.54, 1.807) is 6.92 Å². The lowest BCUT2D eigenvalue weighted by atomic mass is 10.2. The third-order valence-electron chi connectivity index (χ3n) is 2.48. The summed E-state index contributed by atoms with van der Waals surface area (Å²) in [5, 5.41) is 2.44. The maximum absolute atomic E-state index is 13.2. The van der Waals surface area contributed by atoms with Crippen LogP contribution in [0.2, 0.25) is 0 Å². The summed E-state index contributed by atoms with van der Waals surface area (Å²) < 4.78 is 26.3. The number of benzene rings is 1. The number of rotatable bonds is 2. The minimum atomic E-state index is -1.01. The molecule has 2 rings (SSSR count). The Morgan fingerprint density at radius 2 is 1.89 bits per heavy atom. The lowest BCUT2D eigenvalue weighted by Crippen LogP contribution is -2.14. The highest BCUT2D eigenvalue weighted by atomic mass is 19.2. The van der Waals surface area contributed by atoms with Crippen molar-refractivity contribution in [2.24, 2.45) is 0 Å². The van der Waals surface area contributed by atoms with E-state index < -0.39 is 17.5 Å². The van der Waals surface area contributed by atoms with Crippen molar-refractivity contribution in [3.63, 3.8) is 0 Å². The number of aromatic nitrogens is 2. The van der Waals surface area contributed by atoms with Crippen LogP contribution in [-0.4, -0.2) is 15.9 Å². The first-order valence-electron chi connectivity index (χ1n) is 5.53. The van der Waals surface area contributed by atoms with Crippen molar-refractivity contribution in [1.29, 1.82) is 0 Å². The predicted octanol–water partition coefficient (Wildman–Crippen LogP) is 2.62. The van der Waals surface area contributed by atoms with Crippen molar-refractivity contribution < 1.29 is 13.6 Å². The molecule has 2 aromatic rings. The van der Waals surface area contributed by atoms with Gasteiger partial charge in [0.05, 0.1) is 11.9 Å². The van der Waals surface area contributed by atoms with E-state index in [2.05, 4.69) is 15.3 Å². The van der Waals surface area contributed by atoms with Crippen LogP contribution in [0.25, 0.3) is 0 Å². The molecule has 6 heteroatoms. The van der Waals surface area contributed by atoms with Crippen LogP contribution in [0.1, 0.15) is 21.7 Å². The Morgan fingerprint density at radius 1 is 1.16 bits per heavy atom. The first-order chi connectivity index (χ1) is 8.97. The molecule has 1 N–H and O–H groups in total. The zero-order valence-electron chi connectivity index (χ0n) is 10.4. The third-order valence-corrected chi connectivity index (χ3v) is 2.48. The van der Waals surface area contributed by atoms with Crippen LogP contribution in [0, 0.1) is 25.5 Å². The highest BCUT2D eigenvalue weighted by molar-refractivity contribution is 6.02. The number of aryl methyl sites for hydroxylation is 2. The molecule has 98 valence electrons. The lowest BCUT2D eigenvalue weighted by Gasteiger charge is -2.07. The van der Waals surface area contributed by atoms with Crippen LogP contribution in [0.15, 0.2) is 24.5 Å². The van der Waals surface area contributed by atoms with E-state index in [1.807, 2.05) is 0 Å². The summed E-state index contributed by atoms with van der Waals surface area (Å²) in [5.74, 6) is -2.46. The quantitative estimate of drug-likeness (QED) is 0.906. The van der Waals surface area contributed by atoms with Crippen LogP contribution in [0.3, 0.4) is 0 Å². The lowest BCUT2D eigenvalue weighted by molar-refractivity contribution is 0.102. The van der Waals surface area contributed by atoms with Crippen LogP contribution in [0.5, 0.6) is 0 Å². The molecule has 0 aliphatic heterocycles. The number of amides is 1. The molecule has 0 aliphatic rings. The van der Waals surface area contributed by atoms with E-state index in [0.29, 0.717) is 5.69 Å². The van der Waals surface area contributed by atoms with Crippen molar-refractivity contribution in [3.8, 4) is 0 Å². The monoisotopic (exact) mass is 263 g/mol. The molecule has 4 nitrogen and oxygen atoms in total. The molecule has 0 fully saturated rings. The van der Waals surface area contributed by atoms with Crippen molar-refractivity contribution >= 4 is 11.6 Å². The number of nitrogens with zero attached hydrogens (tertiary/aromatic N) is 2. The van der Waals surface area contributed by atoms with Crippen molar-refractivity contribution in [3.05, 3.63) is 53.1 Å². The van der Waals surface area contributed by atoms with Gasteiger partial charge in [-0.3, -0.25) is 9.78 Å². The fourth-order valence-electron chi connectivity index (χ4n) is 1.50. The average Bonchev–Trinajstić information content (AvgIpc) is 2.36. The van der Waals surface area contributed by atoms with Crippen molar-refractivity contribution in [1.82, 2.24) is 9.97 Å². The summed E-state index contributed by atoms with van der Waals surface area (Å²) >= 11 is 0. The second kappa shape index (κ2) is 5.09. The maximum Gasteiger partial charge on any atom is 0.275 e. The summed E-state index contributed by atoms with van der Waals surface area (Å²) in [5.41, 5.74) is 1.07. The Balaban J connectivity index is 2.22. The van der Waals surface area contributed by atoms with Gasteiger partial charge in [-0.05, 0) is 25.5 Å². The molecule has 0 unspecified atom stereocenters. The number of anilines is 1. The summed E-state index contributed by atoms with van der Waals surface area (Å²) in [6.45, 7) is 3.16. The Hall–Kier alpha value is -2.37. The van der Waals surface area contributed by atoms with Gasteiger partial charge in [-0.25, -0.2) is 13.8 Å². The number of halogens is 2. The summed E-state index contributed by atoms with van der Waals surface area (Å²) in [6.07, 6.45) is 2.77. The molecule has 1 aromatic heterocycles. The van der Waals surface area contributed by atoms with Crippen LogP contribution >= 0.6 is 0 Å². The Bertz CT molecular complexity index is 603. The Labute approximate surface area is 108 Å². The molecule has 1 amide bonds. The fourth-order valence-corrected chi connectivity index (χ4v) is 1.50. The second-order valence-electron chi connectivity index (χ2n) is 4.09. The zero-order chi connectivity index (χ0) is 14.0. The van der Waals surface area contributed by atoms with Gasteiger partial charge in [0.15, 0.2) is 11.6 Å². The number of carbonyl (C=O) groups is 1. The topological polar surface area (TPSA) is 54.9 Å². The van der Waals surface area contributed by atoms with E-state index in [9.17, 15) is 13.6 Å². The minimum Gasteiger partial charge on any atom is -0.320 e. The molecule has 1 heterocycles. The molecular weight excluding hydrogens is 252 g/mol. The van der Waals surface area contributed by atoms with E-state index in [4.69, 9.17) is 0 Å². The minimum absolute atomic E-state index is 0.105. The summed E-state index contributed by atoms with van der Waals surface area (Å²) in [6, 6.07) is 2.26. The van der Waals surface area contributed by atoms with Gasteiger partial charge in [0.1, 0.15) is 5.69 Å². The van der Waals surface area contributed by atoms with Gasteiger partial charge in [0, 0.05) is 18.0 Å². The van der Waals surface area contributed by atoms with Gasteiger partial charge in [-0.1, -0.05) is 0 Å². The highest BCUT2D eigenvalue weighted by Gasteiger charge is 2.11. The summed E-state index contributed by atoms with van der Waals surface area (Å²) in [7, 11) is 0. The summed E-state index contributed by atoms with van der Waals surface area (Å²) in [4.78, 5) is 19.6. The maximum atomic E-state index is 13.2.